The molecular formula is C14H15N3O4S. The van der Waals surface area contributed by atoms with Gasteiger partial charge in [-0.25, -0.2) is 8.42 Å². The van der Waals surface area contributed by atoms with Gasteiger partial charge in [0.25, 0.3) is 15.9 Å². The summed E-state index contributed by atoms with van der Waals surface area (Å²) in [5, 5.41) is 2.42. The molecule has 2 rings (SSSR count). The lowest BCUT2D eigenvalue weighted by Crippen LogP contribution is -2.24. The second-order valence-electron chi connectivity index (χ2n) is 4.28. The highest BCUT2D eigenvalue weighted by molar-refractivity contribution is 7.92. The number of benzene rings is 1. The van der Waals surface area contributed by atoms with Crippen LogP contribution in [0, 0.1) is 0 Å². The molecule has 1 amide bonds. The minimum absolute atomic E-state index is 0.0867. The lowest BCUT2D eigenvalue weighted by Gasteiger charge is -2.09. The van der Waals surface area contributed by atoms with Crippen molar-refractivity contribution >= 4 is 21.6 Å². The van der Waals surface area contributed by atoms with E-state index in [2.05, 4.69) is 15.0 Å². The largest absolute Gasteiger partial charge is 0.484 e. The van der Waals surface area contributed by atoms with Crippen molar-refractivity contribution in [2.45, 2.75) is 4.90 Å². The molecule has 0 aliphatic heterocycles. The lowest BCUT2D eigenvalue weighted by molar-refractivity contribution is -0.122. The van der Waals surface area contributed by atoms with E-state index in [4.69, 9.17) is 4.74 Å². The first-order valence-corrected chi connectivity index (χ1v) is 7.86. The summed E-state index contributed by atoms with van der Waals surface area (Å²) in [6.45, 7) is -0.128. The molecule has 0 radical (unpaired) electrons. The predicted octanol–water partition coefficient (Wildman–Crippen LogP) is 1.01. The molecule has 2 aromatic rings. The topological polar surface area (TPSA) is 97.4 Å². The quantitative estimate of drug-likeness (QED) is 0.827. The summed E-state index contributed by atoms with van der Waals surface area (Å²) in [5.41, 5.74) is 0.377. The van der Waals surface area contributed by atoms with E-state index in [1.807, 2.05) is 0 Å². The van der Waals surface area contributed by atoms with Crippen LogP contribution < -0.4 is 14.8 Å². The molecule has 0 atom stereocenters. The van der Waals surface area contributed by atoms with E-state index >= 15 is 0 Å². The number of ether oxygens (including phenoxy) is 1. The number of hydrogen-bond donors (Lipinski definition) is 2. The number of nitrogens with one attached hydrogen (secondary N) is 2. The summed E-state index contributed by atoms with van der Waals surface area (Å²) in [7, 11) is -2.19. The first-order chi connectivity index (χ1) is 10.5. The summed E-state index contributed by atoms with van der Waals surface area (Å²) in [5.74, 6) is 0.138. The Hall–Kier alpha value is -2.61. The molecular weight excluding hydrogens is 306 g/mol. The number of aromatic nitrogens is 1. The van der Waals surface area contributed by atoms with E-state index in [0.29, 0.717) is 11.4 Å². The summed E-state index contributed by atoms with van der Waals surface area (Å²) in [4.78, 5) is 15.0. The summed E-state index contributed by atoms with van der Waals surface area (Å²) in [6, 6.07) is 9.01. The lowest BCUT2D eigenvalue weighted by atomic mass is 10.3. The Morgan fingerprint density at radius 2 is 1.95 bits per heavy atom. The second-order valence-corrected chi connectivity index (χ2v) is 5.96. The second kappa shape index (κ2) is 6.90. The molecule has 0 saturated carbocycles. The number of amides is 1. The number of hydrogen-bond acceptors (Lipinski definition) is 5. The fraction of sp³-hybridized carbons (Fsp3) is 0.143. The zero-order valence-corrected chi connectivity index (χ0v) is 12.6. The summed E-state index contributed by atoms with van der Waals surface area (Å²) >= 11 is 0. The zero-order chi connectivity index (χ0) is 16.0. The van der Waals surface area contributed by atoms with Crippen molar-refractivity contribution in [3.8, 4) is 5.75 Å². The Kier molecular flexibility index (Phi) is 4.95. The maximum absolute atomic E-state index is 12.2. The van der Waals surface area contributed by atoms with Crippen LogP contribution in [0.1, 0.15) is 0 Å². The number of likely N-dealkylation sites (N-methyl/N-ethyl adjacent to an activating group) is 1. The van der Waals surface area contributed by atoms with Crippen molar-refractivity contribution in [2.75, 3.05) is 18.4 Å². The van der Waals surface area contributed by atoms with Crippen LogP contribution in [-0.2, 0) is 14.8 Å². The van der Waals surface area contributed by atoms with Crippen LogP contribution in [0.15, 0.2) is 53.7 Å². The maximum Gasteiger partial charge on any atom is 0.261 e. The van der Waals surface area contributed by atoms with Crippen LogP contribution in [0.25, 0.3) is 0 Å². The smallest absolute Gasteiger partial charge is 0.261 e. The predicted molar refractivity (Wildman–Crippen MR) is 81.0 cm³/mol. The Labute approximate surface area is 128 Å². The average Bonchev–Trinajstić information content (AvgIpc) is 2.53. The van der Waals surface area contributed by atoms with Gasteiger partial charge in [0.1, 0.15) is 5.75 Å². The molecule has 1 aromatic heterocycles. The molecule has 8 heteroatoms. The minimum atomic E-state index is -3.69. The molecule has 1 aromatic carbocycles. The van der Waals surface area contributed by atoms with Crippen LogP contribution in [0.4, 0.5) is 5.69 Å². The average molecular weight is 321 g/mol. The van der Waals surface area contributed by atoms with Gasteiger partial charge in [-0.1, -0.05) is 0 Å². The summed E-state index contributed by atoms with van der Waals surface area (Å²) < 4.78 is 32.0. The van der Waals surface area contributed by atoms with Crippen molar-refractivity contribution in [3.63, 3.8) is 0 Å². The SMILES string of the molecule is CNC(=O)COc1ccc(S(=O)(=O)Nc2cccnc2)cc1. The van der Waals surface area contributed by atoms with Gasteiger partial charge in [0.2, 0.25) is 0 Å². The third-order valence-corrected chi connectivity index (χ3v) is 4.09. The molecule has 7 nitrogen and oxygen atoms in total. The van der Waals surface area contributed by atoms with E-state index in [1.165, 1.54) is 37.5 Å². The van der Waals surface area contributed by atoms with E-state index in [9.17, 15) is 13.2 Å². The molecule has 0 saturated heterocycles. The molecule has 0 bridgehead atoms. The van der Waals surface area contributed by atoms with Gasteiger partial charge in [-0.05, 0) is 36.4 Å². The van der Waals surface area contributed by atoms with Crippen molar-refractivity contribution in [3.05, 3.63) is 48.8 Å². The Bertz CT molecular complexity index is 730. The van der Waals surface area contributed by atoms with Crippen LogP contribution in [0.3, 0.4) is 0 Å². The van der Waals surface area contributed by atoms with Gasteiger partial charge >= 0.3 is 0 Å². The van der Waals surface area contributed by atoms with Gasteiger partial charge in [-0.2, -0.15) is 0 Å². The number of nitrogens with zero attached hydrogens (tertiary/aromatic N) is 1. The van der Waals surface area contributed by atoms with Crippen LogP contribution >= 0.6 is 0 Å². The fourth-order valence-electron chi connectivity index (χ4n) is 1.57. The number of carbonyl (C=O) groups is 1. The standard InChI is InChI=1S/C14H15N3O4S/c1-15-14(18)10-21-12-4-6-13(7-5-12)22(19,20)17-11-3-2-8-16-9-11/h2-9,17H,10H2,1H3,(H,15,18). The molecule has 1 heterocycles. The normalized spacial score (nSPS) is 10.8. The van der Waals surface area contributed by atoms with E-state index in [-0.39, 0.29) is 17.4 Å². The molecule has 0 unspecified atom stereocenters. The highest BCUT2D eigenvalue weighted by Crippen LogP contribution is 2.18. The van der Waals surface area contributed by atoms with Crippen molar-refractivity contribution < 1.29 is 17.9 Å². The van der Waals surface area contributed by atoms with Gasteiger partial charge < -0.3 is 10.1 Å². The molecule has 22 heavy (non-hydrogen) atoms. The van der Waals surface area contributed by atoms with Gasteiger partial charge in [-0.3, -0.25) is 14.5 Å². The van der Waals surface area contributed by atoms with Crippen LogP contribution in [-0.4, -0.2) is 33.0 Å². The van der Waals surface area contributed by atoms with Crippen LogP contribution in [0.5, 0.6) is 5.75 Å². The minimum Gasteiger partial charge on any atom is -0.484 e. The number of pyridine rings is 1. The Balaban J connectivity index is 2.07. The van der Waals surface area contributed by atoms with Crippen molar-refractivity contribution in [2.24, 2.45) is 0 Å². The van der Waals surface area contributed by atoms with E-state index in [1.54, 1.807) is 18.3 Å². The van der Waals surface area contributed by atoms with Crippen molar-refractivity contribution in [1.82, 2.24) is 10.3 Å². The third-order valence-electron chi connectivity index (χ3n) is 2.70. The zero-order valence-electron chi connectivity index (χ0n) is 11.8. The molecule has 2 N–H and O–H groups in total. The van der Waals surface area contributed by atoms with Gasteiger partial charge in [0.15, 0.2) is 6.61 Å². The van der Waals surface area contributed by atoms with Gasteiger partial charge in [0.05, 0.1) is 16.8 Å². The molecule has 0 aliphatic rings. The van der Waals surface area contributed by atoms with E-state index < -0.39 is 10.0 Å². The number of anilines is 1. The molecule has 116 valence electrons. The highest BCUT2D eigenvalue weighted by Gasteiger charge is 2.14. The van der Waals surface area contributed by atoms with Gasteiger partial charge in [0, 0.05) is 13.2 Å². The molecule has 0 aliphatic carbocycles. The molecule has 0 fully saturated rings. The third kappa shape index (κ3) is 4.19. The molecule has 0 spiro atoms. The first-order valence-electron chi connectivity index (χ1n) is 6.37. The Morgan fingerprint density at radius 3 is 2.55 bits per heavy atom. The number of sulfonamides is 1. The van der Waals surface area contributed by atoms with Crippen molar-refractivity contribution in [1.29, 1.82) is 0 Å². The van der Waals surface area contributed by atoms with Crippen LogP contribution in [0.2, 0.25) is 0 Å². The maximum atomic E-state index is 12.2. The number of rotatable bonds is 6. The van der Waals surface area contributed by atoms with E-state index in [0.717, 1.165) is 0 Å². The first kappa shape index (κ1) is 15.8. The summed E-state index contributed by atoms with van der Waals surface area (Å²) in [6.07, 6.45) is 2.97. The fourth-order valence-corrected chi connectivity index (χ4v) is 2.62. The highest BCUT2D eigenvalue weighted by atomic mass is 32.2. The number of carbonyl (C=O) groups excluding carboxylic acids is 1. The Morgan fingerprint density at radius 1 is 1.23 bits per heavy atom. The van der Waals surface area contributed by atoms with Gasteiger partial charge in [-0.15, -0.1) is 0 Å². The monoisotopic (exact) mass is 321 g/mol.